The summed E-state index contributed by atoms with van der Waals surface area (Å²) in [6.07, 6.45) is 0. The number of methoxy groups -OCH3 is 1. The lowest BCUT2D eigenvalue weighted by atomic mass is 10.2. The van der Waals surface area contributed by atoms with Crippen molar-refractivity contribution in [3.05, 3.63) is 23.8 Å². The molecular weight excluding hydrogens is 208 g/mol. The topological polar surface area (TPSA) is 84.6 Å². The van der Waals surface area contributed by atoms with E-state index < -0.39 is 0 Å². The van der Waals surface area contributed by atoms with Gasteiger partial charge in [-0.3, -0.25) is 4.79 Å². The van der Waals surface area contributed by atoms with Gasteiger partial charge in [-0.25, -0.2) is 0 Å². The molecule has 0 bridgehead atoms. The maximum absolute atomic E-state index is 11.6. The van der Waals surface area contributed by atoms with Crippen molar-refractivity contribution in [2.24, 2.45) is 5.73 Å². The summed E-state index contributed by atoms with van der Waals surface area (Å²) in [5, 5.41) is 12.1. The molecule has 1 aromatic carbocycles. The molecule has 0 aromatic heterocycles. The second-order valence-electron chi connectivity index (χ2n) is 3.57. The fraction of sp³-hybridized carbons (Fsp3) is 0.364. The number of carbonyl (C=O) groups excluding carboxylic acids is 1. The number of phenolic OH excluding ortho intramolecular Hbond substituents is 1. The van der Waals surface area contributed by atoms with Gasteiger partial charge in [0.2, 0.25) is 0 Å². The van der Waals surface area contributed by atoms with Gasteiger partial charge >= 0.3 is 0 Å². The van der Waals surface area contributed by atoms with E-state index in [9.17, 15) is 9.90 Å². The fourth-order valence-electron chi connectivity index (χ4n) is 1.19. The summed E-state index contributed by atoms with van der Waals surface area (Å²) in [7, 11) is 1.45. The number of rotatable bonds is 4. The van der Waals surface area contributed by atoms with E-state index >= 15 is 0 Å². The monoisotopic (exact) mass is 224 g/mol. The van der Waals surface area contributed by atoms with Crippen LogP contribution < -0.4 is 15.8 Å². The summed E-state index contributed by atoms with van der Waals surface area (Å²) in [6.45, 7) is 2.19. The molecule has 0 heterocycles. The van der Waals surface area contributed by atoms with Crippen LogP contribution >= 0.6 is 0 Å². The molecule has 0 aliphatic rings. The number of phenols is 1. The van der Waals surface area contributed by atoms with Gasteiger partial charge in [-0.1, -0.05) is 0 Å². The first kappa shape index (κ1) is 12.3. The van der Waals surface area contributed by atoms with Gasteiger partial charge < -0.3 is 20.9 Å². The number of hydrogen-bond acceptors (Lipinski definition) is 4. The van der Waals surface area contributed by atoms with Crippen LogP contribution in [0.5, 0.6) is 11.5 Å². The lowest BCUT2D eigenvalue weighted by Gasteiger charge is -2.09. The van der Waals surface area contributed by atoms with Crippen molar-refractivity contribution in [1.82, 2.24) is 5.32 Å². The molecule has 0 aliphatic carbocycles. The van der Waals surface area contributed by atoms with Crippen LogP contribution in [0.25, 0.3) is 0 Å². The smallest absolute Gasteiger partial charge is 0.251 e. The van der Waals surface area contributed by atoms with Crippen molar-refractivity contribution >= 4 is 5.91 Å². The zero-order valence-corrected chi connectivity index (χ0v) is 9.36. The Morgan fingerprint density at radius 3 is 2.81 bits per heavy atom. The average molecular weight is 224 g/mol. The first-order valence-electron chi connectivity index (χ1n) is 4.95. The third-order valence-electron chi connectivity index (χ3n) is 2.03. The Hall–Kier alpha value is -1.75. The minimum atomic E-state index is -0.268. The lowest BCUT2D eigenvalue weighted by Crippen LogP contribution is -2.35. The number of benzene rings is 1. The summed E-state index contributed by atoms with van der Waals surface area (Å²) in [4.78, 5) is 11.6. The SMILES string of the molecule is COc1ccc(C(=O)NCC(C)N)cc1O. The number of carbonyl (C=O) groups is 1. The number of nitrogens with two attached hydrogens (primary N) is 1. The highest BCUT2D eigenvalue weighted by Crippen LogP contribution is 2.25. The van der Waals surface area contributed by atoms with Crippen LogP contribution in [0.1, 0.15) is 17.3 Å². The van der Waals surface area contributed by atoms with E-state index in [4.69, 9.17) is 10.5 Å². The fourth-order valence-corrected chi connectivity index (χ4v) is 1.19. The van der Waals surface area contributed by atoms with E-state index in [1.54, 1.807) is 13.0 Å². The lowest BCUT2D eigenvalue weighted by molar-refractivity contribution is 0.0951. The molecule has 1 unspecified atom stereocenters. The molecule has 0 fully saturated rings. The van der Waals surface area contributed by atoms with Gasteiger partial charge in [-0.2, -0.15) is 0 Å². The van der Waals surface area contributed by atoms with Crippen molar-refractivity contribution in [3.8, 4) is 11.5 Å². The van der Waals surface area contributed by atoms with Gasteiger partial charge in [0.1, 0.15) is 0 Å². The van der Waals surface area contributed by atoms with E-state index in [1.165, 1.54) is 19.2 Å². The largest absolute Gasteiger partial charge is 0.504 e. The van der Waals surface area contributed by atoms with Gasteiger partial charge in [0.25, 0.3) is 5.91 Å². The van der Waals surface area contributed by atoms with E-state index in [1.807, 2.05) is 0 Å². The van der Waals surface area contributed by atoms with Crippen molar-refractivity contribution in [2.45, 2.75) is 13.0 Å². The number of ether oxygens (including phenoxy) is 1. The van der Waals surface area contributed by atoms with Crippen LogP contribution in [0, 0.1) is 0 Å². The molecule has 1 aromatic rings. The zero-order valence-electron chi connectivity index (χ0n) is 9.36. The molecule has 88 valence electrons. The highest BCUT2D eigenvalue weighted by atomic mass is 16.5. The molecule has 4 N–H and O–H groups in total. The Morgan fingerprint density at radius 1 is 1.62 bits per heavy atom. The molecule has 0 saturated heterocycles. The zero-order chi connectivity index (χ0) is 12.1. The van der Waals surface area contributed by atoms with Gasteiger partial charge in [-0.15, -0.1) is 0 Å². The predicted molar refractivity (Wildman–Crippen MR) is 60.6 cm³/mol. The quantitative estimate of drug-likeness (QED) is 0.694. The average Bonchev–Trinajstić information content (AvgIpc) is 2.25. The first-order chi connectivity index (χ1) is 7.54. The Morgan fingerprint density at radius 2 is 2.31 bits per heavy atom. The number of hydrogen-bond donors (Lipinski definition) is 3. The Labute approximate surface area is 94.2 Å². The second kappa shape index (κ2) is 5.37. The van der Waals surface area contributed by atoms with E-state index in [0.717, 1.165) is 0 Å². The normalized spacial score (nSPS) is 11.9. The van der Waals surface area contributed by atoms with E-state index in [0.29, 0.717) is 17.9 Å². The summed E-state index contributed by atoms with van der Waals surface area (Å²) < 4.78 is 4.88. The molecule has 16 heavy (non-hydrogen) atoms. The third-order valence-corrected chi connectivity index (χ3v) is 2.03. The van der Waals surface area contributed by atoms with E-state index in [2.05, 4.69) is 5.32 Å². The molecule has 5 heteroatoms. The second-order valence-corrected chi connectivity index (χ2v) is 3.57. The number of aromatic hydroxyl groups is 1. The van der Waals surface area contributed by atoms with Gasteiger partial charge in [0.15, 0.2) is 11.5 Å². The maximum Gasteiger partial charge on any atom is 0.251 e. The molecule has 1 atom stereocenters. The first-order valence-corrected chi connectivity index (χ1v) is 4.95. The van der Waals surface area contributed by atoms with E-state index in [-0.39, 0.29) is 17.7 Å². The van der Waals surface area contributed by atoms with Crippen LogP contribution in [-0.4, -0.2) is 30.7 Å². The summed E-state index contributed by atoms with van der Waals surface area (Å²) in [6, 6.07) is 4.37. The molecule has 1 amide bonds. The van der Waals surface area contributed by atoms with Crippen LogP contribution in [-0.2, 0) is 0 Å². The summed E-state index contributed by atoms with van der Waals surface area (Å²) in [5.74, 6) is 0.00921. The molecule has 1 rings (SSSR count). The van der Waals surface area contributed by atoms with Crippen molar-refractivity contribution < 1.29 is 14.6 Å². The molecule has 0 aliphatic heterocycles. The van der Waals surface area contributed by atoms with Crippen LogP contribution in [0.4, 0.5) is 0 Å². The number of amides is 1. The molecule has 0 saturated carbocycles. The third kappa shape index (κ3) is 3.13. The van der Waals surface area contributed by atoms with Crippen LogP contribution in [0.3, 0.4) is 0 Å². The van der Waals surface area contributed by atoms with Crippen molar-refractivity contribution in [2.75, 3.05) is 13.7 Å². The molecule has 0 radical (unpaired) electrons. The molecule has 0 spiro atoms. The highest BCUT2D eigenvalue weighted by Gasteiger charge is 2.09. The van der Waals surface area contributed by atoms with Gasteiger partial charge in [0, 0.05) is 18.2 Å². The Balaban J connectivity index is 2.73. The minimum Gasteiger partial charge on any atom is -0.504 e. The van der Waals surface area contributed by atoms with Crippen molar-refractivity contribution in [3.63, 3.8) is 0 Å². The van der Waals surface area contributed by atoms with Gasteiger partial charge in [0.05, 0.1) is 7.11 Å². The molecular formula is C11H16N2O3. The number of nitrogens with one attached hydrogen (secondary N) is 1. The van der Waals surface area contributed by atoms with Crippen LogP contribution in [0.2, 0.25) is 0 Å². The van der Waals surface area contributed by atoms with Gasteiger partial charge in [-0.05, 0) is 25.1 Å². The summed E-state index contributed by atoms with van der Waals surface area (Å²) >= 11 is 0. The Bertz CT molecular complexity index is 377. The standard InChI is InChI=1S/C11H16N2O3/c1-7(12)6-13-11(15)8-3-4-10(16-2)9(14)5-8/h3-5,7,14H,6,12H2,1-2H3,(H,13,15). The highest BCUT2D eigenvalue weighted by molar-refractivity contribution is 5.94. The van der Waals surface area contributed by atoms with Crippen molar-refractivity contribution in [1.29, 1.82) is 0 Å². The van der Waals surface area contributed by atoms with Crippen LogP contribution in [0.15, 0.2) is 18.2 Å². The molecule has 5 nitrogen and oxygen atoms in total. The summed E-state index contributed by atoms with van der Waals surface area (Å²) in [5.41, 5.74) is 5.88. The predicted octanol–water partition coefficient (Wildman–Crippen LogP) is 0.478. The maximum atomic E-state index is 11.6. The Kier molecular flexibility index (Phi) is 4.13. The minimum absolute atomic E-state index is 0.0593.